The van der Waals surface area contributed by atoms with E-state index in [0.29, 0.717) is 4.90 Å². The van der Waals surface area contributed by atoms with E-state index in [9.17, 15) is 52.5 Å². The molecule has 3 N–H and O–H groups in total. The lowest BCUT2D eigenvalue weighted by atomic mass is 9.56. The summed E-state index contributed by atoms with van der Waals surface area (Å²) in [7, 11) is 1.27. The van der Waals surface area contributed by atoms with Crippen LogP contribution >= 0.6 is 23.2 Å². The molecular weight excluding hydrogens is 746 g/mol. The molecule has 2 aliphatic carbocycles. The molecule has 7 rings (SSSR count). The molecule has 3 aromatic carbocycles. The predicted octanol–water partition coefficient (Wildman–Crippen LogP) is 5.27. The van der Waals surface area contributed by atoms with E-state index in [1.165, 1.54) is 25.3 Å². The number of benzene rings is 3. The second-order valence-electron chi connectivity index (χ2n) is 12.6. The minimum Gasteiger partial charge on any atom is -0.508 e. The maximum absolute atomic E-state index is 15.2. The molecular formula is C34H21Cl2F5N2O9. The number of carbonyl (C=O) groups is 5. The second-order valence-corrected chi connectivity index (χ2v) is 13.9. The Labute approximate surface area is 298 Å². The van der Waals surface area contributed by atoms with E-state index >= 15 is 8.78 Å². The first kappa shape index (κ1) is 35.2. The van der Waals surface area contributed by atoms with Crippen LogP contribution in [0.2, 0.25) is 0 Å². The smallest absolute Gasteiger partial charge is 0.339 e. The molecule has 11 nitrogen and oxygen atoms in total. The molecule has 1 saturated carbocycles. The molecule has 52 heavy (non-hydrogen) atoms. The summed E-state index contributed by atoms with van der Waals surface area (Å²) in [5.41, 5.74) is -2.80. The molecule has 2 heterocycles. The molecule has 0 aromatic heterocycles. The minimum atomic E-state index is -2.85. The van der Waals surface area contributed by atoms with Crippen LogP contribution in [0.1, 0.15) is 34.7 Å². The summed E-state index contributed by atoms with van der Waals surface area (Å²) in [4.78, 5) is 62.7. The lowest BCUT2D eigenvalue weighted by Gasteiger charge is -2.50. The summed E-state index contributed by atoms with van der Waals surface area (Å²) < 4.78 is 78.4. The number of phenolic OH excluding ortho intramolecular Hbond substituents is 1. The van der Waals surface area contributed by atoms with E-state index in [1.807, 2.05) is 0 Å². The van der Waals surface area contributed by atoms with E-state index < -0.39 is 121 Å². The van der Waals surface area contributed by atoms with Gasteiger partial charge in [-0.1, -0.05) is 17.7 Å². The Morgan fingerprint density at radius 1 is 0.827 bits per heavy atom. The van der Waals surface area contributed by atoms with Crippen LogP contribution in [-0.2, 0) is 19.2 Å². The maximum atomic E-state index is 15.2. The summed E-state index contributed by atoms with van der Waals surface area (Å²) in [6.45, 7) is 0. The molecule has 6 unspecified atom stereocenters. The van der Waals surface area contributed by atoms with Gasteiger partial charge in [0.2, 0.25) is 17.6 Å². The van der Waals surface area contributed by atoms with Crippen LogP contribution in [0, 0.1) is 46.8 Å². The summed E-state index contributed by atoms with van der Waals surface area (Å²) in [6, 6.07) is 6.62. The van der Waals surface area contributed by atoms with Crippen molar-refractivity contribution in [3.8, 4) is 17.2 Å². The van der Waals surface area contributed by atoms with Gasteiger partial charge in [-0.25, -0.2) is 36.5 Å². The van der Waals surface area contributed by atoms with Gasteiger partial charge in [-0.15, -0.1) is 23.2 Å². The van der Waals surface area contributed by atoms with E-state index in [0.717, 1.165) is 24.3 Å². The van der Waals surface area contributed by atoms with Crippen molar-refractivity contribution in [1.29, 1.82) is 0 Å². The number of fused-ring (bicyclic) bond motifs is 4. The molecule has 0 spiro atoms. The number of phenols is 2. The molecule has 3 aromatic rings. The number of carboxylic acid groups (broad SMARTS) is 1. The van der Waals surface area contributed by atoms with Gasteiger partial charge in [0, 0.05) is 23.6 Å². The number of allylic oxidation sites excluding steroid dienone is 2. The highest BCUT2D eigenvalue weighted by Gasteiger charge is 2.77. The highest BCUT2D eigenvalue weighted by atomic mass is 35.5. The van der Waals surface area contributed by atoms with Crippen molar-refractivity contribution >= 4 is 64.2 Å². The first-order valence-corrected chi connectivity index (χ1v) is 16.0. The number of ether oxygens (including phenoxy) is 1. The number of alkyl halides is 2. The SMILES string of the molecule is COc1ccc(C2C3=CCC4C(=O)N(c5ccc(C(=O)O)c(O)c5)C(=O)C4C3CC3(Cl)C(=O)N(c4c(F)c(F)c(F)c(F)c4F)C(=O)C23Cl)c(O)c1. The van der Waals surface area contributed by atoms with Gasteiger partial charge >= 0.3 is 5.97 Å². The topological polar surface area (TPSA) is 162 Å². The third kappa shape index (κ3) is 4.39. The molecule has 4 aliphatic rings. The third-order valence-electron chi connectivity index (χ3n) is 10.2. The Morgan fingerprint density at radius 2 is 1.46 bits per heavy atom. The first-order valence-electron chi connectivity index (χ1n) is 15.2. The predicted molar refractivity (Wildman–Crippen MR) is 169 cm³/mol. The van der Waals surface area contributed by atoms with Crippen LogP contribution in [0.15, 0.2) is 48.0 Å². The number of hydrogen-bond donors (Lipinski definition) is 3. The molecule has 4 amide bonds. The zero-order chi connectivity index (χ0) is 37.9. The fraction of sp³-hybridized carbons (Fsp3) is 0.265. The van der Waals surface area contributed by atoms with Crippen LogP contribution in [0.4, 0.5) is 33.3 Å². The van der Waals surface area contributed by atoms with Crippen LogP contribution in [-0.4, -0.2) is 61.8 Å². The van der Waals surface area contributed by atoms with Gasteiger partial charge in [0.15, 0.2) is 33.0 Å². The quantitative estimate of drug-likeness (QED) is 0.0785. The van der Waals surface area contributed by atoms with Crippen LogP contribution in [0.3, 0.4) is 0 Å². The average Bonchev–Trinajstić information content (AvgIpc) is 3.44. The van der Waals surface area contributed by atoms with Gasteiger partial charge in [-0.05, 0) is 37.0 Å². The number of rotatable bonds is 5. The Kier molecular flexibility index (Phi) is 7.88. The third-order valence-corrected chi connectivity index (χ3v) is 11.7. The number of anilines is 2. The standard InChI is InChI=1S/C34H21Cl2F5N2O9/c1-52-12-3-5-14(19(45)9-12)21-13-6-7-16-20(29(47)42(28(16)46)11-2-4-15(30(48)49)18(44)8-11)17(13)10-33(35)31(50)43(32(51)34(21,33)36)27-25(40)23(38)22(37)24(39)26(27)41/h2-6,8-9,16-17,20-21,44-45H,7,10H2,1H3,(H,48,49). The molecule has 270 valence electrons. The number of hydrogen-bond acceptors (Lipinski definition) is 8. The summed E-state index contributed by atoms with van der Waals surface area (Å²) >= 11 is 14.1. The molecule has 0 bridgehead atoms. The molecule has 2 saturated heterocycles. The molecule has 6 atom stereocenters. The van der Waals surface area contributed by atoms with Crippen molar-refractivity contribution in [1.82, 2.24) is 0 Å². The van der Waals surface area contributed by atoms with Crippen LogP contribution in [0.5, 0.6) is 17.2 Å². The lowest BCUT2D eigenvalue weighted by molar-refractivity contribution is -0.125. The number of halogens is 7. The van der Waals surface area contributed by atoms with Gasteiger partial charge in [-0.3, -0.25) is 19.2 Å². The number of nitrogens with zero attached hydrogens (tertiary/aromatic N) is 2. The zero-order valence-corrected chi connectivity index (χ0v) is 27.6. The van der Waals surface area contributed by atoms with Gasteiger partial charge < -0.3 is 20.1 Å². The maximum Gasteiger partial charge on any atom is 0.339 e. The number of carboxylic acids is 1. The Bertz CT molecular complexity index is 2210. The van der Waals surface area contributed by atoms with Crippen molar-refractivity contribution in [3.05, 3.63) is 88.3 Å². The monoisotopic (exact) mass is 766 g/mol. The normalized spacial score (nSPS) is 28.1. The number of imide groups is 2. The fourth-order valence-electron chi connectivity index (χ4n) is 7.90. The summed E-state index contributed by atoms with van der Waals surface area (Å²) in [6.07, 6.45) is 0.445. The molecule has 0 radical (unpaired) electrons. The number of aromatic carboxylic acids is 1. The number of carbonyl (C=O) groups excluding carboxylic acids is 4. The van der Waals surface area contributed by atoms with E-state index in [1.54, 1.807) is 0 Å². The number of methoxy groups -OCH3 is 1. The minimum absolute atomic E-state index is 0.0838. The summed E-state index contributed by atoms with van der Waals surface area (Å²) in [5.74, 6) is -26.0. The van der Waals surface area contributed by atoms with Gasteiger partial charge in [0.25, 0.3) is 11.8 Å². The van der Waals surface area contributed by atoms with Gasteiger partial charge in [-0.2, -0.15) is 0 Å². The number of amides is 4. The highest BCUT2D eigenvalue weighted by molar-refractivity contribution is 6.58. The first-order chi connectivity index (χ1) is 24.4. The van der Waals surface area contributed by atoms with Crippen molar-refractivity contribution < 1.29 is 66.0 Å². The van der Waals surface area contributed by atoms with Crippen LogP contribution in [0.25, 0.3) is 0 Å². The number of aromatic hydroxyl groups is 2. The molecule has 18 heteroatoms. The van der Waals surface area contributed by atoms with Crippen molar-refractivity contribution in [2.75, 3.05) is 16.9 Å². The molecule has 2 aliphatic heterocycles. The highest BCUT2D eigenvalue weighted by Crippen LogP contribution is 2.67. The second kappa shape index (κ2) is 11.6. The van der Waals surface area contributed by atoms with Crippen molar-refractivity contribution in [2.24, 2.45) is 17.8 Å². The fourth-order valence-corrected chi connectivity index (χ4v) is 8.83. The lowest BCUT2D eigenvalue weighted by Crippen LogP contribution is -2.60. The van der Waals surface area contributed by atoms with Gasteiger partial charge in [0.1, 0.15) is 28.5 Å². The van der Waals surface area contributed by atoms with E-state index in [-0.39, 0.29) is 33.9 Å². The Balaban J connectivity index is 1.42. The Morgan fingerprint density at radius 3 is 2.04 bits per heavy atom. The Hall–Kier alpha value is -5.22. The molecule has 3 fully saturated rings. The summed E-state index contributed by atoms with van der Waals surface area (Å²) in [5, 5.41) is 30.8. The van der Waals surface area contributed by atoms with Crippen LogP contribution < -0.4 is 14.5 Å². The van der Waals surface area contributed by atoms with Gasteiger partial charge in [0.05, 0.1) is 24.6 Å². The average molecular weight is 767 g/mol. The van der Waals surface area contributed by atoms with E-state index in [4.69, 9.17) is 27.9 Å². The van der Waals surface area contributed by atoms with E-state index in [2.05, 4.69) is 0 Å². The van der Waals surface area contributed by atoms with Crippen molar-refractivity contribution in [3.63, 3.8) is 0 Å². The van der Waals surface area contributed by atoms with Crippen molar-refractivity contribution in [2.45, 2.75) is 28.5 Å². The zero-order valence-electron chi connectivity index (χ0n) is 26.1. The largest absolute Gasteiger partial charge is 0.508 e.